The van der Waals surface area contributed by atoms with E-state index in [4.69, 9.17) is 4.74 Å². The van der Waals surface area contributed by atoms with Gasteiger partial charge >= 0.3 is 0 Å². The third-order valence-electron chi connectivity index (χ3n) is 2.00. The molecule has 0 bridgehead atoms. The second-order valence-corrected chi connectivity index (χ2v) is 3.27. The van der Waals surface area contributed by atoms with Gasteiger partial charge in [0.2, 0.25) is 0 Å². The van der Waals surface area contributed by atoms with Crippen molar-refractivity contribution in [3.63, 3.8) is 0 Å². The van der Waals surface area contributed by atoms with Crippen LogP contribution in [0.3, 0.4) is 0 Å². The van der Waals surface area contributed by atoms with Gasteiger partial charge in [0.05, 0.1) is 12.7 Å². The normalized spacial score (nSPS) is 25.0. The number of nitrogens with zero attached hydrogens (tertiary/aromatic N) is 1. The molecular formula is C10H23NO. The van der Waals surface area contributed by atoms with Crippen molar-refractivity contribution < 1.29 is 4.74 Å². The second kappa shape index (κ2) is 6.44. The molecule has 0 radical (unpaired) electrons. The monoisotopic (exact) mass is 173 g/mol. The van der Waals surface area contributed by atoms with Crippen molar-refractivity contribution in [1.29, 1.82) is 0 Å². The van der Waals surface area contributed by atoms with E-state index in [1.165, 1.54) is 0 Å². The lowest BCUT2D eigenvalue weighted by atomic mass is 10.2. The lowest BCUT2D eigenvalue weighted by Crippen LogP contribution is -2.44. The van der Waals surface area contributed by atoms with Crippen LogP contribution in [-0.4, -0.2) is 36.7 Å². The Bertz CT molecular complexity index is 104. The second-order valence-electron chi connectivity index (χ2n) is 3.27. The molecule has 1 heterocycles. The molecule has 1 saturated heterocycles. The Morgan fingerprint density at radius 1 is 1.33 bits per heavy atom. The lowest BCUT2D eigenvalue weighted by Gasteiger charge is -2.33. The van der Waals surface area contributed by atoms with Crippen LogP contribution in [0.25, 0.3) is 0 Å². The van der Waals surface area contributed by atoms with Crippen molar-refractivity contribution in [2.75, 3.05) is 19.7 Å². The Hall–Kier alpha value is -0.0800. The van der Waals surface area contributed by atoms with Gasteiger partial charge in [0, 0.05) is 19.1 Å². The molecule has 0 amide bonds. The summed E-state index contributed by atoms with van der Waals surface area (Å²) in [5.74, 6) is 0. The van der Waals surface area contributed by atoms with Gasteiger partial charge < -0.3 is 4.74 Å². The maximum absolute atomic E-state index is 5.42. The smallest absolute Gasteiger partial charge is 0.0674 e. The van der Waals surface area contributed by atoms with E-state index >= 15 is 0 Å². The molecule has 1 atom stereocenters. The van der Waals surface area contributed by atoms with Crippen molar-refractivity contribution in [2.24, 2.45) is 0 Å². The Balaban J connectivity index is 0.000000561. The van der Waals surface area contributed by atoms with E-state index in [1.54, 1.807) is 0 Å². The Morgan fingerprint density at radius 2 is 1.92 bits per heavy atom. The number of ether oxygens (including phenoxy) is 1. The van der Waals surface area contributed by atoms with Crippen molar-refractivity contribution in [3.8, 4) is 0 Å². The summed E-state index contributed by atoms with van der Waals surface area (Å²) < 4.78 is 5.42. The summed E-state index contributed by atoms with van der Waals surface area (Å²) in [5.41, 5.74) is 0. The minimum atomic E-state index is 0.427. The van der Waals surface area contributed by atoms with Crippen LogP contribution < -0.4 is 0 Å². The van der Waals surface area contributed by atoms with E-state index in [2.05, 4.69) is 25.7 Å². The number of morpholine rings is 1. The fourth-order valence-corrected chi connectivity index (χ4v) is 1.31. The van der Waals surface area contributed by atoms with Gasteiger partial charge in [-0.05, 0) is 20.8 Å². The molecule has 1 fully saturated rings. The van der Waals surface area contributed by atoms with Crippen LogP contribution in [0.5, 0.6) is 0 Å². The van der Waals surface area contributed by atoms with Gasteiger partial charge in [-0.15, -0.1) is 0 Å². The molecule has 74 valence electrons. The van der Waals surface area contributed by atoms with E-state index in [0.29, 0.717) is 12.1 Å². The SMILES string of the molecule is CC.CC(C)N1CCO[C@H](C)C1. The molecule has 0 aromatic rings. The molecule has 0 N–H and O–H groups in total. The van der Waals surface area contributed by atoms with Crippen molar-refractivity contribution in [2.45, 2.75) is 46.8 Å². The largest absolute Gasteiger partial charge is 0.376 e. The average molecular weight is 173 g/mol. The first kappa shape index (κ1) is 11.9. The number of hydrogen-bond donors (Lipinski definition) is 0. The highest BCUT2D eigenvalue weighted by Gasteiger charge is 2.17. The molecule has 0 spiro atoms. The minimum absolute atomic E-state index is 0.427. The summed E-state index contributed by atoms with van der Waals surface area (Å²) in [5, 5.41) is 0. The molecule has 1 aliphatic rings. The summed E-state index contributed by atoms with van der Waals surface area (Å²) in [7, 11) is 0. The molecule has 1 rings (SSSR count). The van der Waals surface area contributed by atoms with Crippen molar-refractivity contribution in [3.05, 3.63) is 0 Å². The first-order chi connectivity index (χ1) is 5.70. The topological polar surface area (TPSA) is 12.5 Å². The molecule has 1 aliphatic heterocycles. The molecule has 0 saturated carbocycles. The van der Waals surface area contributed by atoms with E-state index in [9.17, 15) is 0 Å². The summed E-state index contributed by atoms with van der Waals surface area (Å²) in [6.07, 6.45) is 0.427. The molecule has 2 heteroatoms. The van der Waals surface area contributed by atoms with Gasteiger partial charge in [-0.3, -0.25) is 4.90 Å². The van der Waals surface area contributed by atoms with Crippen LogP contribution in [0.2, 0.25) is 0 Å². The minimum Gasteiger partial charge on any atom is -0.376 e. The number of rotatable bonds is 1. The lowest BCUT2D eigenvalue weighted by molar-refractivity contribution is -0.0288. The van der Waals surface area contributed by atoms with Gasteiger partial charge in [-0.25, -0.2) is 0 Å². The molecular weight excluding hydrogens is 150 g/mol. The van der Waals surface area contributed by atoms with Crippen LogP contribution in [0.4, 0.5) is 0 Å². The summed E-state index contributed by atoms with van der Waals surface area (Å²) in [6.45, 7) is 13.7. The van der Waals surface area contributed by atoms with Gasteiger partial charge in [0.1, 0.15) is 0 Å². The van der Waals surface area contributed by atoms with Crippen LogP contribution in [0, 0.1) is 0 Å². The van der Waals surface area contributed by atoms with Crippen LogP contribution in [0.1, 0.15) is 34.6 Å². The molecule has 0 aliphatic carbocycles. The third-order valence-corrected chi connectivity index (χ3v) is 2.00. The summed E-state index contributed by atoms with van der Waals surface area (Å²) in [4.78, 5) is 2.45. The molecule has 0 unspecified atom stereocenters. The van der Waals surface area contributed by atoms with Crippen molar-refractivity contribution in [1.82, 2.24) is 4.90 Å². The Labute approximate surface area is 76.9 Å². The third kappa shape index (κ3) is 4.07. The highest BCUT2D eigenvalue weighted by molar-refractivity contribution is 4.70. The van der Waals surface area contributed by atoms with E-state index in [-0.39, 0.29) is 0 Å². The highest BCUT2D eigenvalue weighted by Crippen LogP contribution is 2.07. The molecule has 2 nitrogen and oxygen atoms in total. The maximum atomic E-state index is 5.42. The zero-order valence-corrected chi connectivity index (χ0v) is 9.13. The average Bonchev–Trinajstić information content (AvgIpc) is 2.08. The number of hydrogen-bond acceptors (Lipinski definition) is 2. The van der Waals surface area contributed by atoms with Gasteiger partial charge in [-0.2, -0.15) is 0 Å². The summed E-state index contributed by atoms with van der Waals surface area (Å²) >= 11 is 0. The van der Waals surface area contributed by atoms with Gasteiger partial charge in [0.25, 0.3) is 0 Å². The predicted molar refractivity (Wildman–Crippen MR) is 53.5 cm³/mol. The fraction of sp³-hybridized carbons (Fsp3) is 1.00. The first-order valence-electron chi connectivity index (χ1n) is 5.06. The Kier molecular flexibility index (Phi) is 6.39. The maximum Gasteiger partial charge on any atom is 0.0674 e. The van der Waals surface area contributed by atoms with Gasteiger partial charge in [0.15, 0.2) is 0 Å². The first-order valence-corrected chi connectivity index (χ1v) is 5.06. The van der Waals surface area contributed by atoms with E-state index in [0.717, 1.165) is 19.7 Å². The standard InChI is InChI=1S/C8H17NO.C2H6/c1-7(2)9-4-5-10-8(3)6-9;1-2/h7-8H,4-6H2,1-3H3;1-2H3/t8-;/m1./s1. The zero-order valence-electron chi connectivity index (χ0n) is 9.13. The van der Waals surface area contributed by atoms with Crippen LogP contribution in [-0.2, 0) is 4.74 Å². The summed E-state index contributed by atoms with van der Waals surface area (Å²) in [6, 6.07) is 0.673. The van der Waals surface area contributed by atoms with Crippen molar-refractivity contribution >= 4 is 0 Å². The Morgan fingerprint density at radius 3 is 2.25 bits per heavy atom. The fourth-order valence-electron chi connectivity index (χ4n) is 1.31. The van der Waals surface area contributed by atoms with Gasteiger partial charge in [-0.1, -0.05) is 13.8 Å². The quantitative estimate of drug-likeness (QED) is 0.602. The predicted octanol–water partition coefficient (Wildman–Crippen LogP) is 2.14. The zero-order chi connectivity index (χ0) is 9.56. The van der Waals surface area contributed by atoms with E-state index < -0.39 is 0 Å². The molecule has 0 aromatic carbocycles. The van der Waals surface area contributed by atoms with E-state index in [1.807, 2.05) is 13.8 Å². The highest BCUT2D eigenvalue weighted by atomic mass is 16.5. The van der Waals surface area contributed by atoms with Crippen LogP contribution >= 0.6 is 0 Å². The molecule has 12 heavy (non-hydrogen) atoms. The molecule has 0 aromatic heterocycles. The van der Waals surface area contributed by atoms with Crippen LogP contribution in [0.15, 0.2) is 0 Å².